The summed E-state index contributed by atoms with van der Waals surface area (Å²) in [6.07, 6.45) is 8.55. The van der Waals surface area contributed by atoms with E-state index in [0.717, 1.165) is 33.8 Å². The number of nitrogens with two attached hydrogens (primary N) is 1. The molecule has 4 heterocycles. The molecule has 30 heavy (non-hydrogen) atoms. The van der Waals surface area contributed by atoms with E-state index in [4.69, 9.17) is 5.73 Å². The molecule has 0 saturated carbocycles. The molecule has 0 spiro atoms. The summed E-state index contributed by atoms with van der Waals surface area (Å²) >= 11 is 0. The van der Waals surface area contributed by atoms with Gasteiger partial charge in [-0.25, -0.2) is 4.98 Å². The number of carbonyl (C=O) groups is 1. The van der Waals surface area contributed by atoms with Crippen LogP contribution in [0.5, 0.6) is 0 Å². The molecule has 0 bridgehead atoms. The van der Waals surface area contributed by atoms with E-state index in [2.05, 4.69) is 25.0 Å². The lowest BCUT2D eigenvalue weighted by molar-refractivity contribution is -0.119. The van der Waals surface area contributed by atoms with Gasteiger partial charge in [0.25, 0.3) is 0 Å². The van der Waals surface area contributed by atoms with Crippen LogP contribution in [-0.4, -0.2) is 35.5 Å². The van der Waals surface area contributed by atoms with Crippen molar-refractivity contribution in [3.8, 4) is 22.4 Å². The zero-order valence-electron chi connectivity index (χ0n) is 16.8. The molecule has 0 radical (unpaired) electrons. The Kier molecular flexibility index (Phi) is 5.30. The zero-order chi connectivity index (χ0) is 21.1. The number of hydrogen-bond acceptors (Lipinski definition) is 7. The normalized spacial score (nSPS) is 10.9. The summed E-state index contributed by atoms with van der Waals surface area (Å²) in [6.45, 7) is 4.06. The summed E-state index contributed by atoms with van der Waals surface area (Å²) in [6, 6.07) is 7.44. The van der Waals surface area contributed by atoms with Gasteiger partial charge < -0.3 is 5.73 Å². The number of Topliss-reactive ketones (excluding diaryl/α,β-unsaturated/α-hetero) is 1. The van der Waals surface area contributed by atoms with E-state index >= 15 is 0 Å². The van der Waals surface area contributed by atoms with E-state index in [0.29, 0.717) is 11.5 Å². The molecule has 0 fully saturated rings. The molecule has 2 N–H and O–H groups in total. The Morgan fingerprint density at radius 3 is 2.57 bits per heavy atom. The Morgan fingerprint density at radius 2 is 1.87 bits per heavy atom. The Bertz CT molecular complexity index is 1180. The smallest absolute Gasteiger partial charge is 0.160 e. The first-order valence-electron chi connectivity index (χ1n) is 9.50. The van der Waals surface area contributed by atoms with E-state index in [-0.39, 0.29) is 18.7 Å². The van der Waals surface area contributed by atoms with Gasteiger partial charge in [-0.1, -0.05) is 0 Å². The average molecular weight is 399 g/mol. The number of aromatic nitrogens is 6. The quantitative estimate of drug-likeness (QED) is 0.530. The molecular weight excluding hydrogens is 378 g/mol. The Morgan fingerprint density at radius 1 is 1.00 bits per heavy atom. The first kappa shape index (κ1) is 19.4. The molecular formula is C22H21N7O. The van der Waals surface area contributed by atoms with Crippen molar-refractivity contribution in [1.29, 1.82) is 0 Å². The highest BCUT2D eigenvalue weighted by Gasteiger charge is 2.16. The van der Waals surface area contributed by atoms with E-state index in [1.807, 2.05) is 38.1 Å². The van der Waals surface area contributed by atoms with Gasteiger partial charge in [0.15, 0.2) is 5.78 Å². The third-order valence-corrected chi connectivity index (χ3v) is 4.84. The Labute approximate surface area is 173 Å². The maximum atomic E-state index is 12.6. The maximum Gasteiger partial charge on any atom is 0.160 e. The fraction of sp³-hybridized carbons (Fsp3) is 0.182. The fourth-order valence-corrected chi connectivity index (χ4v) is 3.43. The van der Waals surface area contributed by atoms with Crippen molar-refractivity contribution in [2.24, 2.45) is 0 Å². The van der Waals surface area contributed by atoms with Gasteiger partial charge >= 0.3 is 0 Å². The van der Waals surface area contributed by atoms with Gasteiger partial charge in [0.05, 0.1) is 24.0 Å². The molecule has 0 atom stereocenters. The summed E-state index contributed by atoms with van der Waals surface area (Å²) in [5, 5.41) is 4.55. The summed E-state index contributed by atoms with van der Waals surface area (Å²) in [5.41, 5.74) is 11.8. The molecule has 0 saturated heterocycles. The molecule has 4 rings (SSSR count). The van der Waals surface area contributed by atoms with Crippen LogP contribution >= 0.6 is 0 Å². The third kappa shape index (κ3) is 4.07. The van der Waals surface area contributed by atoms with E-state index in [1.165, 1.54) is 0 Å². The minimum atomic E-state index is 0.0288. The molecule has 0 aliphatic carbocycles. The number of aryl methyl sites for hydroxylation is 1. The first-order chi connectivity index (χ1) is 14.5. The van der Waals surface area contributed by atoms with Crippen LogP contribution in [-0.2, 0) is 17.8 Å². The van der Waals surface area contributed by atoms with Crippen LogP contribution in [0.4, 0.5) is 5.82 Å². The molecule has 0 aliphatic heterocycles. The minimum Gasteiger partial charge on any atom is -0.384 e. The van der Waals surface area contributed by atoms with Crippen molar-refractivity contribution in [3.05, 3.63) is 72.3 Å². The monoisotopic (exact) mass is 399 g/mol. The van der Waals surface area contributed by atoms with Gasteiger partial charge in [0, 0.05) is 47.3 Å². The van der Waals surface area contributed by atoms with Gasteiger partial charge in [0.1, 0.15) is 12.4 Å². The van der Waals surface area contributed by atoms with Crippen molar-refractivity contribution in [2.75, 3.05) is 5.73 Å². The first-order valence-corrected chi connectivity index (χ1v) is 9.50. The van der Waals surface area contributed by atoms with Crippen LogP contribution in [0.1, 0.15) is 17.1 Å². The minimum absolute atomic E-state index is 0.0288. The largest absolute Gasteiger partial charge is 0.384 e. The summed E-state index contributed by atoms with van der Waals surface area (Å²) in [7, 11) is 0. The third-order valence-electron chi connectivity index (χ3n) is 4.84. The lowest BCUT2D eigenvalue weighted by atomic mass is 10.1. The van der Waals surface area contributed by atoms with Gasteiger partial charge in [-0.2, -0.15) is 5.10 Å². The van der Waals surface area contributed by atoms with Crippen LogP contribution in [0, 0.1) is 13.8 Å². The van der Waals surface area contributed by atoms with Crippen LogP contribution in [0.15, 0.2) is 55.2 Å². The Hall–Kier alpha value is -3.94. The molecule has 0 aromatic carbocycles. The second-order valence-electron chi connectivity index (χ2n) is 7.02. The Balaban J connectivity index is 1.48. The molecule has 8 heteroatoms. The SMILES string of the molecule is Cc1nn(CC(=O)Cc2ccc(-c3cnccn3)cn2)c(C)c1-c1ccnc(N)c1. The number of ketones is 1. The number of rotatable bonds is 6. The van der Waals surface area contributed by atoms with Gasteiger partial charge in [0.2, 0.25) is 0 Å². The molecule has 4 aromatic rings. The molecule has 150 valence electrons. The standard InChI is InChI=1S/C22H21N7O/c1-14-22(16-5-6-26-21(23)9-16)15(2)29(28-14)13-19(30)10-18-4-3-17(11-27-18)20-12-24-7-8-25-20/h3-9,11-12H,10,13H2,1-2H3,(H2,23,26). The molecule has 0 amide bonds. The lowest BCUT2D eigenvalue weighted by Gasteiger charge is -2.06. The van der Waals surface area contributed by atoms with Crippen molar-refractivity contribution < 1.29 is 4.79 Å². The second-order valence-corrected chi connectivity index (χ2v) is 7.02. The van der Waals surface area contributed by atoms with Crippen LogP contribution in [0.2, 0.25) is 0 Å². The van der Waals surface area contributed by atoms with E-state index in [1.54, 1.807) is 35.7 Å². The maximum absolute atomic E-state index is 12.6. The van der Waals surface area contributed by atoms with Gasteiger partial charge in [-0.15, -0.1) is 0 Å². The highest BCUT2D eigenvalue weighted by atomic mass is 16.1. The number of nitrogens with zero attached hydrogens (tertiary/aromatic N) is 6. The fourth-order valence-electron chi connectivity index (χ4n) is 3.43. The van der Waals surface area contributed by atoms with E-state index in [9.17, 15) is 4.79 Å². The number of carbonyl (C=O) groups excluding carboxylic acids is 1. The number of pyridine rings is 2. The van der Waals surface area contributed by atoms with Crippen LogP contribution in [0.3, 0.4) is 0 Å². The van der Waals surface area contributed by atoms with Crippen LogP contribution in [0.25, 0.3) is 22.4 Å². The number of nitrogen functional groups attached to an aromatic ring is 1. The highest BCUT2D eigenvalue weighted by Crippen LogP contribution is 2.27. The van der Waals surface area contributed by atoms with Crippen LogP contribution < -0.4 is 5.73 Å². The van der Waals surface area contributed by atoms with Gasteiger partial charge in [-0.05, 0) is 43.7 Å². The molecule has 0 aliphatic rings. The predicted molar refractivity (Wildman–Crippen MR) is 113 cm³/mol. The zero-order valence-corrected chi connectivity index (χ0v) is 16.8. The van der Waals surface area contributed by atoms with Crippen molar-refractivity contribution in [3.63, 3.8) is 0 Å². The summed E-state index contributed by atoms with van der Waals surface area (Å²) in [5.74, 6) is 0.479. The van der Waals surface area contributed by atoms with Crippen molar-refractivity contribution in [2.45, 2.75) is 26.8 Å². The predicted octanol–water partition coefficient (Wildman–Crippen LogP) is 2.81. The highest BCUT2D eigenvalue weighted by molar-refractivity contribution is 5.81. The number of anilines is 1. The van der Waals surface area contributed by atoms with Gasteiger partial charge in [-0.3, -0.25) is 24.4 Å². The molecule has 8 nitrogen and oxygen atoms in total. The topological polar surface area (TPSA) is 112 Å². The second kappa shape index (κ2) is 8.20. The lowest BCUT2D eigenvalue weighted by Crippen LogP contribution is -2.15. The number of hydrogen-bond donors (Lipinski definition) is 1. The summed E-state index contributed by atoms with van der Waals surface area (Å²) in [4.78, 5) is 29.4. The molecule has 4 aromatic heterocycles. The average Bonchev–Trinajstić information content (AvgIpc) is 3.02. The van der Waals surface area contributed by atoms with Crippen molar-refractivity contribution in [1.82, 2.24) is 29.7 Å². The summed E-state index contributed by atoms with van der Waals surface area (Å²) < 4.78 is 1.73. The van der Waals surface area contributed by atoms with E-state index < -0.39 is 0 Å². The van der Waals surface area contributed by atoms with Crippen molar-refractivity contribution >= 4 is 11.6 Å². The molecule has 0 unspecified atom stereocenters.